The number of amides is 1. The second kappa shape index (κ2) is 7.53. The van der Waals surface area contributed by atoms with Crippen molar-refractivity contribution < 1.29 is 27.4 Å². The van der Waals surface area contributed by atoms with Crippen LogP contribution in [0.1, 0.15) is 5.56 Å². The number of hydrogen-bond donors (Lipinski definition) is 1. The number of rotatable bonds is 6. The lowest BCUT2D eigenvalue weighted by atomic mass is 10.2. The minimum absolute atomic E-state index is 0.140. The lowest BCUT2D eigenvalue weighted by Gasteiger charge is -2.10. The van der Waals surface area contributed by atoms with Gasteiger partial charge in [-0.05, 0) is 29.8 Å². The lowest BCUT2D eigenvalue weighted by Crippen LogP contribution is -2.28. The van der Waals surface area contributed by atoms with Gasteiger partial charge >= 0.3 is 6.36 Å². The van der Waals surface area contributed by atoms with E-state index in [9.17, 15) is 18.0 Å². The molecule has 7 heteroatoms. The van der Waals surface area contributed by atoms with Gasteiger partial charge in [-0.1, -0.05) is 30.3 Å². The SMILES string of the molecule is O=C(COc1ccccc1)NCc1ccc(OC(F)(F)F)cc1. The van der Waals surface area contributed by atoms with Gasteiger partial charge in [0.2, 0.25) is 0 Å². The van der Waals surface area contributed by atoms with Gasteiger partial charge in [-0.15, -0.1) is 13.2 Å². The van der Waals surface area contributed by atoms with E-state index in [-0.39, 0.29) is 24.8 Å². The van der Waals surface area contributed by atoms with E-state index >= 15 is 0 Å². The fourth-order valence-corrected chi connectivity index (χ4v) is 1.73. The third-order valence-electron chi connectivity index (χ3n) is 2.76. The molecule has 0 radical (unpaired) electrons. The molecule has 0 spiro atoms. The van der Waals surface area contributed by atoms with Crippen molar-refractivity contribution in [2.75, 3.05) is 6.61 Å². The molecule has 2 aromatic rings. The Hall–Kier alpha value is -2.70. The van der Waals surface area contributed by atoms with E-state index in [0.29, 0.717) is 11.3 Å². The number of nitrogens with one attached hydrogen (secondary N) is 1. The molecule has 0 saturated heterocycles. The summed E-state index contributed by atoms with van der Waals surface area (Å²) in [4.78, 5) is 11.6. The highest BCUT2D eigenvalue weighted by Gasteiger charge is 2.30. The number of para-hydroxylation sites is 1. The maximum Gasteiger partial charge on any atom is 0.573 e. The van der Waals surface area contributed by atoms with Crippen LogP contribution in [0, 0.1) is 0 Å². The van der Waals surface area contributed by atoms with Crippen molar-refractivity contribution in [1.82, 2.24) is 5.32 Å². The van der Waals surface area contributed by atoms with Gasteiger partial charge in [0.15, 0.2) is 6.61 Å². The minimum atomic E-state index is -4.72. The van der Waals surface area contributed by atoms with Crippen LogP contribution in [-0.4, -0.2) is 18.9 Å². The Balaban J connectivity index is 1.76. The molecule has 0 saturated carbocycles. The number of halogens is 3. The summed E-state index contributed by atoms with van der Waals surface area (Å²) in [5, 5.41) is 2.61. The molecule has 1 amide bonds. The molecule has 0 aromatic heterocycles. The van der Waals surface area contributed by atoms with Crippen LogP contribution in [-0.2, 0) is 11.3 Å². The first kappa shape index (κ1) is 16.7. The van der Waals surface area contributed by atoms with Crippen LogP contribution in [0.15, 0.2) is 54.6 Å². The Kier molecular flexibility index (Phi) is 5.46. The quantitative estimate of drug-likeness (QED) is 0.887. The topological polar surface area (TPSA) is 47.6 Å². The first-order valence-corrected chi connectivity index (χ1v) is 6.71. The molecule has 0 aliphatic rings. The van der Waals surface area contributed by atoms with E-state index in [0.717, 1.165) is 0 Å². The first-order valence-electron chi connectivity index (χ1n) is 6.71. The standard InChI is InChI=1S/C16H14F3NO3/c17-16(18,19)23-14-8-6-12(7-9-14)10-20-15(21)11-22-13-4-2-1-3-5-13/h1-9H,10-11H2,(H,20,21). The zero-order chi connectivity index (χ0) is 16.7. The number of hydrogen-bond acceptors (Lipinski definition) is 3. The molecule has 0 fully saturated rings. The molecule has 1 N–H and O–H groups in total. The predicted octanol–water partition coefficient (Wildman–Crippen LogP) is 3.28. The average molecular weight is 325 g/mol. The molecule has 2 rings (SSSR count). The number of ether oxygens (including phenoxy) is 2. The van der Waals surface area contributed by atoms with Gasteiger partial charge in [0.25, 0.3) is 5.91 Å². The normalized spacial score (nSPS) is 10.9. The van der Waals surface area contributed by atoms with Crippen molar-refractivity contribution >= 4 is 5.91 Å². The summed E-state index contributed by atoms with van der Waals surface area (Å²) in [6.07, 6.45) is -4.72. The van der Waals surface area contributed by atoms with Gasteiger partial charge in [-0.25, -0.2) is 0 Å². The minimum Gasteiger partial charge on any atom is -0.484 e. The van der Waals surface area contributed by atoms with Gasteiger partial charge < -0.3 is 14.8 Å². The van der Waals surface area contributed by atoms with Crippen molar-refractivity contribution in [2.45, 2.75) is 12.9 Å². The van der Waals surface area contributed by atoms with Gasteiger partial charge in [-0.2, -0.15) is 0 Å². The van der Waals surface area contributed by atoms with Crippen LogP contribution in [0.3, 0.4) is 0 Å². The zero-order valence-electron chi connectivity index (χ0n) is 12.0. The highest BCUT2D eigenvalue weighted by atomic mass is 19.4. The highest BCUT2D eigenvalue weighted by Crippen LogP contribution is 2.22. The fourth-order valence-electron chi connectivity index (χ4n) is 1.73. The van der Waals surface area contributed by atoms with E-state index in [1.165, 1.54) is 24.3 Å². The summed E-state index contributed by atoms with van der Waals surface area (Å²) in [6, 6.07) is 14.1. The van der Waals surface area contributed by atoms with Crippen molar-refractivity contribution in [1.29, 1.82) is 0 Å². The average Bonchev–Trinajstić information content (AvgIpc) is 2.52. The molecule has 0 bridgehead atoms. The summed E-state index contributed by atoms with van der Waals surface area (Å²) >= 11 is 0. The molecule has 0 heterocycles. The summed E-state index contributed by atoms with van der Waals surface area (Å²) < 4.78 is 45.1. The fraction of sp³-hybridized carbons (Fsp3) is 0.188. The van der Waals surface area contributed by atoms with Gasteiger partial charge in [0.05, 0.1) is 0 Å². The van der Waals surface area contributed by atoms with E-state index in [1.807, 2.05) is 6.07 Å². The van der Waals surface area contributed by atoms with Crippen LogP contribution in [0.5, 0.6) is 11.5 Å². The van der Waals surface area contributed by atoms with Crippen molar-refractivity contribution in [3.05, 3.63) is 60.2 Å². The van der Waals surface area contributed by atoms with E-state index < -0.39 is 6.36 Å². The summed E-state index contributed by atoms with van der Waals surface area (Å²) in [6.45, 7) is 0.0442. The predicted molar refractivity (Wildman–Crippen MR) is 76.9 cm³/mol. The van der Waals surface area contributed by atoms with Gasteiger partial charge in [0, 0.05) is 6.54 Å². The van der Waals surface area contributed by atoms with Crippen LogP contribution >= 0.6 is 0 Å². The van der Waals surface area contributed by atoms with Crippen LogP contribution in [0.4, 0.5) is 13.2 Å². The molecule has 0 atom stereocenters. The summed E-state index contributed by atoms with van der Waals surface area (Å²) in [7, 11) is 0. The Bertz CT molecular complexity index is 627. The summed E-state index contributed by atoms with van der Waals surface area (Å²) in [5.41, 5.74) is 0.646. The molecule has 0 aliphatic carbocycles. The molecule has 122 valence electrons. The number of alkyl halides is 3. The molecule has 4 nitrogen and oxygen atoms in total. The second-order valence-corrected chi connectivity index (χ2v) is 4.57. The Labute approximate surface area is 130 Å². The van der Waals surface area contributed by atoms with Crippen LogP contribution in [0.2, 0.25) is 0 Å². The van der Waals surface area contributed by atoms with Crippen molar-refractivity contribution in [3.63, 3.8) is 0 Å². The third kappa shape index (κ3) is 6.29. The third-order valence-corrected chi connectivity index (χ3v) is 2.76. The maximum absolute atomic E-state index is 12.0. The van der Waals surface area contributed by atoms with Crippen molar-refractivity contribution in [3.8, 4) is 11.5 Å². The van der Waals surface area contributed by atoms with E-state index in [1.54, 1.807) is 24.3 Å². The van der Waals surface area contributed by atoms with Crippen LogP contribution < -0.4 is 14.8 Å². The summed E-state index contributed by atoms with van der Waals surface area (Å²) in [5.74, 6) is -0.0549. The van der Waals surface area contributed by atoms with Crippen LogP contribution in [0.25, 0.3) is 0 Å². The number of benzene rings is 2. The molecule has 0 unspecified atom stereocenters. The number of carbonyl (C=O) groups excluding carboxylic acids is 1. The molecule has 0 aliphatic heterocycles. The molecular weight excluding hydrogens is 311 g/mol. The maximum atomic E-state index is 12.0. The highest BCUT2D eigenvalue weighted by molar-refractivity contribution is 5.77. The first-order chi connectivity index (χ1) is 10.9. The van der Waals surface area contributed by atoms with Crippen molar-refractivity contribution in [2.24, 2.45) is 0 Å². The van der Waals surface area contributed by atoms with E-state index in [4.69, 9.17) is 4.74 Å². The zero-order valence-corrected chi connectivity index (χ0v) is 12.0. The molecular formula is C16H14F3NO3. The Morgan fingerprint density at radius 1 is 0.957 bits per heavy atom. The number of carbonyl (C=O) groups is 1. The monoisotopic (exact) mass is 325 g/mol. The molecule has 2 aromatic carbocycles. The Morgan fingerprint density at radius 2 is 1.61 bits per heavy atom. The van der Waals surface area contributed by atoms with Gasteiger partial charge in [-0.3, -0.25) is 4.79 Å². The van der Waals surface area contributed by atoms with Gasteiger partial charge in [0.1, 0.15) is 11.5 Å². The molecule has 23 heavy (non-hydrogen) atoms. The van der Waals surface area contributed by atoms with E-state index in [2.05, 4.69) is 10.1 Å². The largest absolute Gasteiger partial charge is 0.573 e. The second-order valence-electron chi connectivity index (χ2n) is 4.57. The Morgan fingerprint density at radius 3 is 2.22 bits per heavy atom. The smallest absolute Gasteiger partial charge is 0.484 e. The lowest BCUT2D eigenvalue weighted by molar-refractivity contribution is -0.274.